The van der Waals surface area contributed by atoms with Crippen LogP contribution in [0.2, 0.25) is 0 Å². The summed E-state index contributed by atoms with van der Waals surface area (Å²) < 4.78 is 25.1. The van der Waals surface area contributed by atoms with Gasteiger partial charge in [0.2, 0.25) is 0 Å². The summed E-state index contributed by atoms with van der Waals surface area (Å²) in [5.74, 6) is -0.567. The Labute approximate surface area is 144 Å². The standard InChI is InChI=1S/C19H16BO2SSi/c1-23(21,22)20-16-11-5-7-13-18(16)24(15-9-3-2-4-10-15)19-14-8-6-12-17(19)20/h2-14H,1H3. The van der Waals surface area contributed by atoms with Gasteiger partial charge in [-0.2, -0.15) is 0 Å². The molecule has 0 saturated heterocycles. The predicted octanol–water partition coefficient (Wildman–Crippen LogP) is -0.333. The van der Waals surface area contributed by atoms with Gasteiger partial charge in [0.25, 0.3) is 0 Å². The zero-order chi connectivity index (χ0) is 16.7. The lowest BCUT2D eigenvalue weighted by Gasteiger charge is -2.30. The van der Waals surface area contributed by atoms with Crippen LogP contribution in [-0.2, 0) is 9.69 Å². The summed E-state index contributed by atoms with van der Waals surface area (Å²) in [7, 11) is -4.44. The monoisotopic (exact) mass is 347 g/mol. The summed E-state index contributed by atoms with van der Waals surface area (Å²) >= 11 is 0. The lowest BCUT2D eigenvalue weighted by molar-refractivity contribution is 0.614. The van der Waals surface area contributed by atoms with Crippen molar-refractivity contribution < 1.29 is 8.42 Å². The van der Waals surface area contributed by atoms with Gasteiger partial charge >= 0.3 is 5.99 Å². The molecular formula is C19H16BO2SSi. The first-order valence-corrected chi connectivity index (χ1v) is 11.3. The summed E-state index contributed by atoms with van der Waals surface area (Å²) in [5, 5.41) is 3.65. The van der Waals surface area contributed by atoms with Gasteiger partial charge in [-0.3, -0.25) is 0 Å². The highest BCUT2D eigenvalue weighted by atomic mass is 32.2. The van der Waals surface area contributed by atoms with Crippen molar-refractivity contribution in [2.24, 2.45) is 0 Å². The van der Waals surface area contributed by atoms with E-state index in [0.29, 0.717) is 0 Å². The molecule has 2 nitrogen and oxygen atoms in total. The fraction of sp³-hybridized carbons (Fsp3) is 0.0526. The summed E-state index contributed by atoms with van der Waals surface area (Å²) in [6, 6.07) is 26.5. The summed E-state index contributed by atoms with van der Waals surface area (Å²) in [4.78, 5) is 0. The summed E-state index contributed by atoms with van der Waals surface area (Å²) in [6.45, 7) is 0. The Balaban J connectivity index is 2.06. The Bertz CT molecular complexity index is 955. The molecule has 0 N–H and O–H groups in total. The molecule has 0 fully saturated rings. The van der Waals surface area contributed by atoms with Gasteiger partial charge in [-0.15, -0.1) is 0 Å². The van der Waals surface area contributed by atoms with Gasteiger partial charge in [-0.25, -0.2) is 8.42 Å². The van der Waals surface area contributed by atoms with Gasteiger partial charge in [0.05, 0.1) is 0 Å². The maximum atomic E-state index is 12.6. The third-order valence-electron chi connectivity index (χ3n) is 4.52. The molecule has 117 valence electrons. The number of fused-ring (bicyclic) bond motifs is 2. The van der Waals surface area contributed by atoms with Crippen molar-refractivity contribution in [3.05, 3.63) is 78.9 Å². The molecule has 0 atom stereocenters. The molecule has 5 heteroatoms. The lowest BCUT2D eigenvalue weighted by Crippen LogP contribution is -2.73. The number of benzene rings is 3. The third kappa shape index (κ3) is 2.44. The zero-order valence-corrected chi connectivity index (χ0v) is 15.1. The van der Waals surface area contributed by atoms with Crippen LogP contribution in [-0.4, -0.2) is 29.5 Å². The van der Waals surface area contributed by atoms with Crippen LogP contribution in [0.15, 0.2) is 78.9 Å². The molecule has 4 rings (SSSR count). The van der Waals surface area contributed by atoms with Crippen LogP contribution in [0.3, 0.4) is 0 Å². The summed E-state index contributed by atoms with van der Waals surface area (Å²) in [6.07, 6.45) is 1.34. The average Bonchev–Trinajstić information content (AvgIpc) is 2.59. The van der Waals surface area contributed by atoms with E-state index in [4.69, 9.17) is 0 Å². The van der Waals surface area contributed by atoms with E-state index in [2.05, 4.69) is 36.4 Å². The van der Waals surface area contributed by atoms with E-state index in [-0.39, 0.29) is 0 Å². The van der Waals surface area contributed by atoms with Gasteiger partial charge in [0.15, 0.2) is 8.80 Å². The van der Waals surface area contributed by atoms with Crippen molar-refractivity contribution >= 4 is 51.0 Å². The van der Waals surface area contributed by atoms with Crippen molar-refractivity contribution in [3.8, 4) is 0 Å². The van der Waals surface area contributed by atoms with E-state index in [1.165, 1.54) is 21.8 Å². The minimum atomic E-state index is -3.24. The van der Waals surface area contributed by atoms with E-state index < -0.39 is 24.5 Å². The Morgan fingerprint density at radius 2 is 1.17 bits per heavy atom. The summed E-state index contributed by atoms with van der Waals surface area (Å²) in [5.41, 5.74) is 1.88. The Morgan fingerprint density at radius 3 is 1.67 bits per heavy atom. The molecular weight excluding hydrogens is 331 g/mol. The van der Waals surface area contributed by atoms with E-state index >= 15 is 0 Å². The molecule has 1 aliphatic heterocycles. The zero-order valence-electron chi connectivity index (χ0n) is 13.3. The van der Waals surface area contributed by atoms with Crippen molar-refractivity contribution in [2.75, 3.05) is 6.26 Å². The van der Waals surface area contributed by atoms with Crippen molar-refractivity contribution in [2.45, 2.75) is 0 Å². The maximum absolute atomic E-state index is 12.6. The SMILES string of the molecule is CS(=O)(=O)B1c2ccccc2[Si](c2ccccc2)c2ccccc21. The molecule has 3 aromatic rings. The van der Waals surface area contributed by atoms with Crippen LogP contribution < -0.4 is 26.5 Å². The first-order valence-electron chi connectivity index (χ1n) is 7.87. The molecule has 1 radical (unpaired) electrons. The van der Waals surface area contributed by atoms with Crippen molar-refractivity contribution in [1.82, 2.24) is 0 Å². The highest BCUT2D eigenvalue weighted by molar-refractivity contribution is 8.20. The Morgan fingerprint density at radius 1 is 0.708 bits per heavy atom. The van der Waals surface area contributed by atoms with E-state index in [0.717, 1.165) is 10.9 Å². The van der Waals surface area contributed by atoms with Crippen LogP contribution in [0, 0.1) is 0 Å². The largest absolute Gasteiger partial charge is 0.355 e. The number of hydrogen-bond acceptors (Lipinski definition) is 2. The van der Waals surface area contributed by atoms with E-state index in [1.54, 1.807) is 0 Å². The molecule has 3 aromatic carbocycles. The second-order valence-corrected chi connectivity index (χ2v) is 10.7. The van der Waals surface area contributed by atoms with Gasteiger partial charge < -0.3 is 0 Å². The van der Waals surface area contributed by atoms with Crippen LogP contribution in [0.4, 0.5) is 0 Å². The Kier molecular flexibility index (Phi) is 3.70. The van der Waals surface area contributed by atoms with Gasteiger partial charge in [0.1, 0.15) is 9.69 Å². The van der Waals surface area contributed by atoms with Crippen molar-refractivity contribution in [3.63, 3.8) is 0 Å². The molecule has 24 heavy (non-hydrogen) atoms. The van der Waals surface area contributed by atoms with Gasteiger partial charge in [-0.1, -0.05) is 105 Å². The first-order chi connectivity index (χ1) is 11.6. The Hall–Kier alpha value is -2.11. The van der Waals surface area contributed by atoms with Crippen LogP contribution in [0.5, 0.6) is 0 Å². The molecule has 1 aliphatic rings. The van der Waals surface area contributed by atoms with Crippen LogP contribution in [0.1, 0.15) is 0 Å². The molecule has 1 heterocycles. The molecule has 0 amide bonds. The highest BCUT2D eigenvalue weighted by Gasteiger charge is 2.42. The average molecular weight is 347 g/mol. The smallest absolute Gasteiger partial charge is 0.240 e. The first kappa shape index (κ1) is 15.4. The molecule has 0 saturated carbocycles. The fourth-order valence-electron chi connectivity index (χ4n) is 3.60. The van der Waals surface area contributed by atoms with E-state index in [1.807, 2.05) is 42.5 Å². The lowest BCUT2D eigenvalue weighted by atomic mass is 9.61. The van der Waals surface area contributed by atoms with Gasteiger partial charge in [-0.05, 0) is 0 Å². The minimum Gasteiger partial charge on any atom is -0.240 e. The van der Waals surface area contributed by atoms with Crippen LogP contribution in [0.25, 0.3) is 0 Å². The maximum Gasteiger partial charge on any atom is 0.355 e. The number of rotatable bonds is 2. The number of hydrogen-bond donors (Lipinski definition) is 0. The second kappa shape index (κ2) is 5.76. The normalized spacial score (nSPS) is 14.1. The predicted molar refractivity (Wildman–Crippen MR) is 104 cm³/mol. The molecule has 0 aromatic heterocycles. The van der Waals surface area contributed by atoms with Gasteiger partial charge in [0, 0.05) is 6.26 Å². The van der Waals surface area contributed by atoms with Crippen molar-refractivity contribution in [1.29, 1.82) is 0 Å². The molecule has 0 bridgehead atoms. The second-order valence-electron chi connectivity index (χ2n) is 6.13. The quantitative estimate of drug-likeness (QED) is 0.595. The van der Waals surface area contributed by atoms with E-state index in [9.17, 15) is 8.42 Å². The topological polar surface area (TPSA) is 34.1 Å². The minimum absolute atomic E-state index is 0.567. The van der Waals surface area contributed by atoms with Crippen LogP contribution >= 0.6 is 0 Å². The molecule has 0 spiro atoms. The fourth-order valence-corrected chi connectivity index (χ4v) is 8.14. The molecule has 0 unspecified atom stereocenters. The molecule has 0 aliphatic carbocycles. The highest BCUT2D eigenvalue weighted by Crippen LogP contribution is 2.05. The third-order valence-corrected chi connectivity index (χ3v) is 8.78.